The Balaban J connectivity index is 1.67. The van der Waals surface area contributed by atoms with Crippen LogP contribution in [0.5, 0.6) is 5.75 Å². The molecule has 2 aromatic carbocycles. The number of benzene rings is 2. The molecule has 0 saturated heterocycles. The second kappa shape index (κ2) is 6.66. The molecule has 23 heavy (non-hydrogen) atoms. The van der Waals surface area contributed by atoms with E-state index >= 15 is 0 Å². The molecule has 0 radical (unpaired) electrons. The normalized spacial score (nSPS) is 20.0. The number of esters is 1. The van der Waals surface area contributed by atoms with Crippen LogP contribution in [0.25, 0.3) is 11.1 Å². The molecule has 0 heterocycles. The Labute approximate surface area is 136 Å². The Morgan fingerprint density at radius 3 is 2.17 bits per heavy atom. The van der Waals surface area contributed by atoms with Crippen LogP contribution in [0.2, 0.25) is 0 Å². The molecule has 3 nitrogen and oxygen atoms in total. The zero-order valence-corrected chi connectivity index (χ0v) is 13.2. The molecule has 2 atom stereocenters. The van der Waals surface area contributed by atoms with Gasteiger partial charge in [-0.2, -0.15) is 5.26 Å². The van der Waals surface area contributed by atoms with Gasteiger partial charge >= 0.3 is 5.97 Å². The highest BCUT2D eigenvalue weighted by atomic mass is 16.5. The number of hydrogen-bond donors (Lipinski definition) is 0. The van der Waals surface area contributed by atoms with E-state index in [0.717, 1.165) is 30.4 Å². The fourth-order valence-corrected chi connectivity index (χ4v) is 3.07. The molecule has 1 fully saturated rings. The van der Waals surface area contributed by atoms with Crippen LogP contribution in [0.15, 0.2) is 48.5 Å². The van der Waals surface area contributed by atoms with E-state index in [0.29, 0.717) is 17.2 Å². The number of nitriles is 1. The first-order chi connectivity index (χ1) is 11.2. The van der Waals surface area contributed by atoms with Crippen LogP contribution in [-0.4, -0.2) is 5.97 Å². The fourth-order valence-electron chi connectivity index (χ4n) is 3.07. The van der Waals surface area contributed by atoms with E-state index < -0.39 is 0 Å². The smallest absolute Gasteiger partial charge is 0.314 e. The van der Waals surface area contributed by atoms with Crippen molar-refractivity contribution in [2.24, 2.45) is 11.8 Å². The summed E-state index contributed by atoms with van der Waals surface area (Å²) in [6.45, 7) is 2.18. The monoisotopic (exact) mass is 305 g/mol. The standard InChI is InChI=1S/C20H19NO2/c1-14-2-5-18(12-14)20(22)23-19-10-8-17(9-11-19)16-6-3-15(13-21)4-7-16/h3-4,6-11,14,18H,2,5,12H2,1H3/t14-,18-/m0/s1. The van der Waals surface area contributed by atoms with Crippen molar-refractivity contribution >= 4 is 5.97 Å². The van der Waals surface area contributed by atoms with Gasteiger partial charge in [-0.15, -0.1) is 0 Å². The number of nitrogens with zero attached hydrogens (tertiary/aromatic N) is 1. The topological polar surface area (TPSA) is 50.1 Å². The minimum Gasteiger partial charge on any atom is -0.426 e. The van der Waals surface area contributed by atoms with Gasteiger partial charge in [0.15, 0.2) is 0 Å². The largest absolute Gasteiger partial charge is 0.426 e. The molecule has 0 N–H and O–H groups in total. The Morgan fingerprint density at radius 1 is 1.04 bits per heavy atom. The van der Waals surface area contributed by atoms with Crippen LogP contribution in [0, 0.1) is 23.2 Å². The summed E-state index contributed by atoms with van der Waals surface area (Å²) in [4.78, 5) is 12.1. The van der Waals surface area contributed by atoms with Crippen LogP contribution in [0.3, 0.4) is 0 Å². The maximum Gasteiger partial charge on any atom is 0.314 e. The first kappa shape index (κ1) is 15.3. The van der Waals surface area contributed by atoms with Crippen molar-refractivity contribution in [2.75, 3.05) is 0 Å². The molecular formula is C20H19NO2. The van der Waals surface area contributed by atoms with Crippen LogP contribution in [0.1, 0.15) is 31.7 Å². The molecule has 1 aliphatic rings. The Morgan fingerprint density at radius 2 is 1.65 bits per heavy atom. The maximum atomic E-state index is 12.1. The van der Waals surface area contributed by atoms with Gasteiger partial charge in [0.1, 0.15) is 5.75 Å². The van der Waals surface area contributed by atoms with Gasteiger partial charge in [-0.3, -0.25) is 4.79 Å². The molecule has 116 valence electrons. The average molecular weight is 305 g/mol. The van der Waals surface area contributed by atoms with Gasteiger partial charge in [-0.25, -0.2) is 0 Å². The van der Waals surface area contributed by atoms with Gasteiger partial charge in [0.25, 0.3) is 0 Å². The predicted molar refractivity (Wildman–Crippen MR) is 88.7 cm³/mol. The fraction of sp³-hybridized carbons (Fsp3) is 0.300. The molecule has 3 rings (SSSR count). The summed E-state index contributed by atoms with van der Waals surface area (Å²) in [5.74, 6) is 1.14. The molecule has 2 aromatic rings. The van der Waals surface area contributed by atoms with Gasteiger partial charge in [0.05, 0.1) is 17.6 Å². The van der Waals surface area contributed by atoms with Crippen molar-refractivity contribution in [1.82, 2.24) is 0 Å². The molecule has 0 spiro atoms. The molecule has 0 bridgehead atoms. The van der Waals surface area contributed by atoms with E-state index in [-0.39, 0.29) is 11.9 Å². The minimum absolute atomic E-state index is 0.0446. The first-order valence-corrected chi connectivity index (χ1v) is 7.98. The summed E-state index contributed by atoms with van der Waals surface area (Å²) < 4.78 is 5.49. The third-order valence-electron chi connectivity index (χ3n) is 4.45. The zero-order chi connectivity index (χ0) is 16.2. The highest BCUT2D eigenvalue weighted by Crippen LogP contribution is 2.32. The zero-order valence-electron chi connectivity index (χ0n) is 13.2. The van der Waals surface area contributed by atoms with E-state index in [2.05, 4.69) is 13.0 Å². The highest BCUT2D eigenvalue weighted by Gasteiger charge is 2.28. The summed E-state index contributed by atoms with van der Waals surface area (Å²) in [5, 5.41) is 8.83. The third kappa shape index (κ3) is 3.60. The molecule has 0 amide bonds. The summed E-state index contributed by atoms with van der Waals surface area (Å²) in [6.07, 6.45) is 2.98. The van der Waals surface area contributed by atoms with Crippen LogP contribution in [0.4, 0.5) is 0 Å². The lowest BCUT2D eigenvalue weighted by molar-refractivity contribution is -0.138. The van der Waals surface area contributed by atoms with Crippen molar-refractivity contribution in [3.05, 3.63) is 54.1 Å². The van der Waals surface area contributed by atoms with E-state index in [4.69, 9.17) is 10.00 Å². The number of carbonyl (C=O) groups excluding carboxylic acids is 1. The van der Waals surface area contributed by atoms with Crippen LogP contribution in [-0.2, 0) is 4.79 Å². The Kier molecular flexibility index (Phi) is 4.43. The van der Waals surface area contributed by atoms with Gasteiger partial charge in [-0.05, 0) is 60.6 Å². The van der Waals surface area contributed by atoms with Gasteiger partial charge in [-0.1, -0.05) is 31.2 Å². The van der Waals surface area contributed by atoms with Crippen LogP contribution >= 0.6 is 0 Å². The minimum atomic E-state index is -0.111. The summed E-state index contributed by atoms with van der Waals surface area (Å²) in [6, 6.07) is 17.0. The molecule has 0 aromatic heterocycles. The molecule has 1 saturated carbocycles. The van der Waals surface area contributed by atoms with Crippen molar-refractivity contribution in [1.29, 1.82) is 5.26 Å². The molecule has 0 aliphatic heterocycles. The van der Waals surface area contributed by atoms with E-state index in [1.807, 2.05) is 36.4 Å². The van der Waals surface area contributed by atoms with Gasteiger partial charge in [0, 0.05) is 0 Å². The Bertz CT molecular complexity index is 726. The summed E-state index contributed by atoms with van der Waals surface area (Å²) in [5.41, 5.74) is 2.71. The maximum absolute atomic E-state index is 12.1. The number of rotatable bonds is 3. The van der Waals surface area contributed by atoms with E-state index in [9.17, 15) is 4.79 Å². The lowest BCUT2D eigenvalue weighted by Gasteiger charge is -2.10. The summed E-state index contributed by atoms with van der Waals surface area (Å²) in [7, 11) is 0. The van der Waals surface area contributed by atoms with Crippen molar-refractivity contribution < 1.29 is 9.53 Å². The molecule has 0 unspecified atom stereocenters. The highest BCUT2D eigenvalue weighted by molar-refractivity contribution is 5.76. The van der Waals surface area contributed by atoms with Crippen LogP contribution < -0.4 is 4.74 Å². The molecule has 1 aliphatic carbocycles. The lowest BCUT2D eigenvalue weighted by Crippen LogP contribution is -2.18. The number of hydrogen-bond acceptors (Lipinski definition) is 3. The van der Waals surface area contributed by atoms with E-state index in [1.165, 1.54) is 0 Å². The second-order valence-corrected chi connectivity index (χ2v) is 6.25. The van der Waals surface area contributed by atoms with Crippen molar-refractivity contribution in [3.63, 3.8) is 0 Å². The predicted octanol–water partition coefficient (Wildman–Crippen LogP) is 4.57. The first-order valence-electron chi connectivity index (χ1n) is 7.98. The lowest BCUT2D eigenvalue weighted by atomic mass is 10.0. The van der Waals surface area contributed by atoms with Gasteiger partial charge < -0.3 is 4.74 Å². The molecule has 3 heteroatoms. The number of carbonyl (C=O) groups is 1. The SMILES string of the molecule is C[C@H]1CC[C@H](C(=O)Oc2ccc(-c3ccc(C#N)cc3)cc2)C1. The third-order valence-corrected chi connectivity index (χ3v) is 4.45. The number of ether oxygens (including phenoxy) is 1. The summed E-state index contributed by atoms with van der Waals surface area (Å²) >= 11 is 0. The second-order valence-electron chi connectivity index (χ2n) is 6.25. The van der Waals surface area contributed by atoms with Gasteiger partial charge in [0.2, 0.25) is 0 Å². The van der Waals surface area contributed by atoms with E-state index in [1.54, 1.807) is 12.1 Å². The molecular weight excluding hydrogens is 286 g/mol. The van der Waals surface area contributed by atoms with Crippen molar-refractivity contribution in [3.8, 4) is 22.9 Å². The Hall–Kier alpha value is -2.60. The average Bonchev–Trinajstić information content (AvgIpc) is 3.02. The quantitative estimate of drug-likeness (QED) is 0.616. The van der Waals surface area contributed by atoms with Crippen molar-refractivity contribution in [2.45, 2.75) is 26.2 Å².